The molecule has 86 valence electrons. The minimum atomic E-state index is 0.482. The van der Waals surface area contributed by atoms with E-state index in [0.717, 1.165) is 16.8 Å². The van der Waals surface area contributed by atoms with E-state index in [1.807, 2.05) is 55.5 Å². The highest BCUT2D eigenvalue weighted by atomic mass is 35.5. The molecule has 0 unspecified atom stereocenters. The molecule has 0 aliphatic rings. The topological polar surface area (TPSA) is 12.4 Å². The minimum absolute atomic E-state index is 0.482. The van der Waals surface area contributed by atoms with Gasteiger partial charge in [-0.2, -0.15) is 0 Å². The Bertz CT molecular complexity index is 547. The fraction of sp³-hybridized carbons (Fsp3) is 0.0714. The zero-order valence-electron chi connectivity index (χ0n) is 9.32. The molecule has 3 heteroatoms. The van der Waals surface area contributed by atoms with Crippen molar-refractivity contribution in [1.29, 1.82) is 0 Å². The Labute approximate surface area is 111 Å². The van der Waals surface area contributed by atoms with Crippen LogP contribution in [0.3, 0.4) is 0 Å². The number of benzene rings is 2. The summed E-state index contributed by atoms with van der Waals surface area (Å²) in [5.41, 5.74) is 2.75. The normalized spacial score (nSPS) is 11.6. The van der Waals surface area contributed by atoms with Gasteiger partial charge in [-0.25, -0.2) is 4.99 Å². The standard InChI is InChI=1S/C14H11Cl2N/c1-10-9-12(15)7-8-13(10)17-14(16)11-5-3-2-4-6-11/h2-9H,1H3. The van der Waals surface area contributed by atoms with Gasteiger partial charge in [0.25, 0.3) is 0 Å². The molecular formula is C14H11Cl2N. The molecule has 0 bridgehead atoms. The molecule has 0 saturated heterocycles. The van der Waals surface area contributed by atoms with Crippen LogP contribution in [0.5, 0.6) is 0 Å². The summed E-state index contributed by atoms with van der Waals surface area (Å²) < 4.78 is 0. The first-order chi connectivity index (χ1) is 8.16. The van der Waals surface area contributed by atoms with Gasteiger partial charge in [-0.1, -0.05) is 53.5 Å². The summed E-state index contributed by atoms with van der Waals surface area (Å²) in [7, 11) is 0. The van der Waals surface area contributed by atoms with Crippen LogP contribution in [0.2, 0.25) is 5.02 Å². The van der Waals surface area contributed by atoms with E-state index in [9.17, 15) is 0 Å². The Kier molecular flexibility index (Phi) is 3.82. The van der Waals surface area contributed by atoms with Crippen molar-refractivity contribution in [2.75, 3.05) is 0 Å². The lowest BCUT2D eigenvalue weighted by Gasteiger charge is -2.02. The number of rotatable bonds is 2. The molecule has 0 radical (unpaired) electrons. The lowest BCUT2D eigenvalue weighted by atomic mass is 10.2. The Balaban J connectivity index is 2.36. The third kappa shape index (κ3) is 3.09. The predicted octanol–water partition coefficient (Wildman–Crippen LogP) is 4.97. The van der Waals surface area contributed by atoms with E-state index in [1.54, 1.807) is 0 Å². The lowest BCUT2D eigenvalue weighted by molar-refractivity contribution is 1.40. The molecule has 2 rings (SSSR count). The van der Waals surface area contributed by atoms with E-state index in [-0.39, 0.29) is 0 Å². The van der Waals surface area contributed by atoms with Crippen LogP contribution in [0.1, 0.15) is 11.1 Å². The summed E-state index contributed by atoms with van der Waals surface area (Å²) in [6.07, 6.45) is 0. The van der Waals surface area contributed by atoms with Crippen LogP contribution in [0.25, 0.3) is 0 Å². The summed E-state index contributed by atoms with van der Waals surface area (Å²) >= 11 is 12.1. The number of halogens is 2. The van der Waals surface area contributed by atoms with E-state index in [4.69, 9.17) is 23.2 Å². The molecule has 17 heavy (non-hydrogen) atoms. The van der Waals surface area contributed by atoms with Gasteiger partial charge < -0.3 is 0 Å². The van der Waals surface area contributed by atoms with E-state index >= 15 is 0 Å². The van der Waals surface area contributed by atoms with Crippen LogP contribution in [0, 0.1) is 6.92 Å². The molecule has 0 aromatic heterocycles. The molecule has 1 nitrogen and oxygen atoms in total. The smallest absolute Gasteiger partial charge is 0.136 e. The Morgan fingerprint density at radius 3 is 2.41 bits per heavy atom. The van der Waals surface area contributed by atoms with Crippen molar-refractivity contribution in [2.45, 2.75) is 6.92 Å². The highest BCUT2D eigenvalue weighted by Crippen LogP contribution is 2.23. The number of hydrogen-bond acceptors (Lipinski definition) is 1. The van der Waals surface area contributed by atoms with Gasteiger partial charge in [0.2, 0.25) is 0 Å². The molecule has 0 N–H and O–H groups in total. The molecule has 0 spiro atoms. The first-order valence-corrected chi connectivity index (χ1v) is 5.98. The molecule has 0 saturated carbocycles. The number of nitrogens with zero attached hydrogens (tertiary/aromatic N) is 1. The van der Waals surface area contributed by atoms with E-state index in [0.29, 0.717) is 10.2 Å². The molecule has 2 aromatic rings. The fourth-order valence-electron chi connectivity index (χ4n) is 1.49. The summed E-state index contributed by atoms with van der Waals surface area (Å²) in [6, 6.07) is 15.2. The highest BCUT2D eigenvalue weighted by molar-refractivity contribution is 6.69. The second kappa shape index (κ2) is 5.35. The van der Waals surface area contributed by atoms with Crippen LogP contribution in [-0.4, -0.2) is 5.17 Å². The molecule has 0 aliphatic carbocycles. The second-order valence-electron chi connectivity index (χ2n) is 3.70. The van der Waals surface area contributed by atoms with Gasteiger partial charge in [-0.05, 0) is 30.7 Å². The van der Waals surface area contributed by atoms with Gasteiger partial charge in [-0.3, -0.25) is 0 Å². The van der Waals surface area contributed by atoms with Crippen LogP contribution in [-0.2, 0) is 0 Å². The van der Waals surface area contributed by atoms with Gasteiger partial charge in [0.1, 0.15) is 5.17 Å². The van der Waals surface area contributed by atoms with Crippen LogP contribution < -0.4 is 0 Å². The fourth-order valence-corrected chi connectivity index (χ4v) is 1.93. The van der Waals surface area contributed by atoms with Crippen molar-refractivity contribution >= 4 is 34.1 Å². The van der Waals surface area contributed by atoms with Crippen molar-refractivity contribution in [3.63, 3.8) is 0 Å². The van der Waals surface area contributed by atoms with Crippen molar-refractivity contribution in [3.8, 4) is 0 Å². The van der Waals surface area contributed by atoms with Gasteiger partial charge in [0.05, 0.1) is 5.69 Å². The summed E-state index contributed by atoms with van der Waals surface area (Å²) in [5, 5.41) is 1.19. The molecule has 2 aromatic carbocycles. The maximum atomic E-state index is 6.17. The second-order valence-corrected chi connectivity index (χ2v) is 4.49. The van der Waals surface area contributed by atoms with Crippen molar-refractivity contribution in [1.82, 2.24) is 0 Å². The number of aliphatic imine (C=N–C) groups is 1. The van der Waals surface area contributed by atoms with Gasteiger partial charge >= 0.3 is 0 Å². The monoisotopic (exact) mass is 263 g/mol. The molecular weight excluding hydrogens is 253 g/mol. The van der Waals surface area contributed by atoms with Gasteiger partial charge in [0.15, 0.2) is 0 Å². The number of aryl methyl sites for hydroxylation is 1. The first kappa shape index (κ1) is 12.2. The van der Waals surface area contributed by atoms with Crippen molar-refractivity contribution in [3.05, 3.63) is 64.7 Å². The molecule has 0 amide bonds. The maximum Gasteiger partial charge on any atom is 0.136 e. The van der Waals surface area contributed by atoms with E-state index < -0.39 is 0 Å². The average molecular weight is 264 g/mol. The quantitative estimate of drug-likeness (QED) is 0.679. The van der Waals surface area contributed by atoms with Crippen molar-refractivity contribution < 1.29 is 0 Å². The highest BCUT2D eigenvalue weighted by Gasteiger charge is 2.01. The average Bonchev–Trinajstić information content (AvgIpc) is 2.34. The third-order valence-electron chi connectivity index (χ3n) is 2.39. The molecule has 0 fully saturated rings. The summed E-state index contributed by atoms with van der Waals surface area (Å²) in [6.45, 7) is 1.96. The Morgan fingerprint density at radius 2 is 1.76 bits per heavy atom. The number of hydrogen-bond donors (Lipinski definition) is 0. The van der Waals surface area contributed by atoms with Crippen LogP contribution in [0.4, 0.5) is 5.69 Å². The predicted molar refractivity (Wildman–Crippen MR) is 74.7 cm³/mol. The van der Waals surface area contributed by atoms with Crippen LogP contribution in [0.15, 0.2) is 53.5 Å². The van der Waals surface area contributed by atoms with E-state index in [1.165, 1.54) is 0 Å². The maximum absolute atomic E-state index is 6.17. The lowest BCUT2D eigenvalue weighted by Crippen LogP contribution is -1.89. The van der Waals surface area contributed by atoms with Crippen molar-refractivity contribution in [2.24, 2.45) is 4.99 Å². The summed E-state index contributed by atoms with van der Waals surface area (Å²) in [4.78, 5) is 4.39. The zero-order valence-corrected chi connectivity index (χ0v) is 10.8. The molecule has 0 heterocycles. The zero-order chi connectivity index (χ0) is 12.3. The van der Waals surface area contributed by atoms with E-state index in [2.05, 4.69) is 4.99 Å². The SMILES string of the molecule is Cc1cc(Cl)ccc1N=C(Cl)c1ccccc1. The molecule has 0 atom stereocenters. The molecule has 0 aliphatic heterocycles. The van der Waals surface area contributed by atoms with Crippen LogP contribution >= 0.6 is 23.2 Å². The van der Waals surface area contributed by atoms with Gasteiger partial charge in [0, 0.05) is 10.6 Å². The Morgan fingerprint density at radius 1 is 1.06 bits per heavy atom. The van der Waals surface area contributed by atoms with Gasteiger partial charge in [-0.15, -0.1) is 0 Å². The minimum Gasteiger partial charge on any atom is -0.236 e. The Hall–Kier alpha value is -1.31. The largest absolute Gasteiger partial charge is 0.236 e. The first-order valence-electron chi connectivity index (χ1n) is 5.22. The third-order valence-corrected chi connectivity index (χ3v) is 2.93. The summed E-state index contributed by atoms with van der Waals surface area (Å²) in [5.74, 6) is 0.